The van der Waals surface area contributed by atoms with Gasteiger partial charge in [0.2, 0.25) is 0 Å². The Morgan fingerprint density at radius 1 is 0.532 bits per heavy atom. The van der Waals surface area contributed by atoms with Crippen molar-refractivity contribution in [3.8, 4) is 11.1 Å². The number of nitrogens with zero attached hydrogens (tertiary/aromatic N) is 2. The van der Waals surface area contributed by atoms with Crippen molar-refractivity contribution in [3.63, 3.8) is 0 Å². The Kier molecular flexibility index (Phi) is 9.07. The van der Waals surface area contributed by atoms with E-state index in [1.165, 1.54) is 105 Å². The topological polar surface area (TPSA) is 6.48 Å². The molecule has 3 aliphatic rings. The Bertz CT molecular complexity index is 2910. The van der Waals surface area contributed by atoms with Gasteiger partial charge in [-0.2, -0.15) is 0 Å². The van der Waals surface area contributed by atoms with Crippen LogP contribution in [-0.4, -0.2) is 6.71 Å². The molecule has 6 aromatic carbocycles. The predicted octanol–water partition coefficient (Wildman–Crippen LogP) is 14.9. The fourth-order valence-electron chi connectivity index (χ4n) is 10.8. The largest absolute Gasteiger partial charge is 0.311 e. The van der Waals surface area contributed by atoms with Crippen LogP contribution in [0.15, 0.2) is 121 Å². The van der Waals surface area contributed by atoms with Gasteiger partial charge in [-0.1, -0.05) is 169 Å². The standard InChI is InChI=1S/C58H63BN2S/c1-54(2,3)37-23-26-40(27-24-37)60-46-34-39(56(7,8)9)35-47-51(46)59(44-29-28-43-49(52(44)60)58(12,13)32-31-57(43,10)11)50-41-21-17-18-22-48(41)62-53(50)61(47)45-30-25-38(55(4,5)6)33-42(45)36-19-15-14-16-20-36/h14-30,33-35H,31-32H2,1-13H3. The molecule has 3 heterocycles. The van der Waals surface area contributed by atoms with Crippen LogP contribution in [0.25, 0.3) is 21.2 Å². The van der Waals surface area contributed by atoms with Gasteiger partial charge in [-0.3, -0.25) is 0 Å². The van der Waals surface area contributed by atoms with E-state index < -0.39 is 0 Å². The Morgan fingerprint density at radius 3 is 1.79 bits per heavy atom. The zero-order valence-electron chi connectivity index (χ0n) is 39.3. The van der Waals surface area contributed by atoms with Crippen molar-refractivity contribution in [2.75, 3.05) is 9.80 Å². The molecule has 0 unspecified atom stereocenters. The van der Waals surface area contributed by atoms with E-state index in [2.05, 4.69) is 221 Å². The highest BCUT2D eigenvalue weighted by Gasteiger charge is 2.50. The van der Waals surface area contributed by atoms with Gasteiger partial charge in [0.15, 0.2) is 0 Å². The van der Waals surface area contributed by atoms with Gasteiger partial charge in [0.1, 0.15) is 0 Å². The molecule has 62 heavy (non-hydrogen) atoms. The molecule has 0 saturated heterocycles. The minimum atomic E-state index is -0.106. The number of benzene rings is 6. The number of rotatable bonds is 3. The lowest BCUT2D eigenvalue weighted by Crippen LogP contribution is -2.62. The smallest absolute Gasteiger partial charge is 0.254 e. The van der Waals surface area contributed by atoms with E-state index >= 15 is 0 Å². The Hall–Kier alpha value is -5.06. The molecule has 314 valence electrons. The van der Waals surface area contributed by atoms with Crippen LogP contribution < -0.4 is 26.2 Å². The Balaban J connectivity index is 1.38. The maximum Gasteiger partial charge on any atom is 0.254 e. The molecule has 2 nitrogen and oxygen atoms in total. The Morgan fingerprint density at radius 2 is 1.13 bits per heavy atom. The quantitative estimate of drug-likeness (QED) is 0.164. The molecule has 7 aromatic rings. The molecule has 0 spiro atoms. The molecule has 10 rings (SSSR count). The highest BCUT2D eigenvalue weighted by molar-refractivity contribution is 7.26. The summed E-state index contributed by atoms with van der Waals surface area (Å²) in [7, 11) is 0. The van der Waals surface area contributed by atoms with E-state index in [0.717, 1.165) is 6.42 Å². The maximum atomic E-state index is 2.72. The van der Waals surface area contributed by atoms with Crippen molar-refractivity contribution >= 4 is 78.0 Å². The van der Waals surface area contributed by atoms with Crippen LogP contribution in [0.2, 0.25) is 0 Å². The highest BCUT2D eigenvalue weighted by Crippen LogP contribution is 2.55. The SMILES string of the molecule is CC(C)(C)c1ccc(N2c3cc(C(C)(C)C)cc4c3B(c3ccc5c(c32)C(C)(C)CCC5(C)C)c2c(sc3ccccc23)N4c2ccc(C(C)(C)C)cc2-c2ccccc2)cc1. The van der Waals surface area contributed by atoms with Gasteiger partial charge in [0.05, 0.1) is 10.7 Å². The molecule has 0 saturated carbocycles. The third kappa shape index (κ3) is 6.33. The average Bonchev–Trinajstić information content (AvgIpc) is 3.60. The first-order chi connectivity index (χ1) is 29.1. The highest BCUT2D eigenvalue weighted by atomic mass is 32.1. The summed E-state index contributed by atoms with van der Waals surface area (Å²) in [6.45, 7) is 31.1. The zero-order chi connectivity index (χ0) is 43.9. The molecule has 0 bridgehead atoms. The lowest BCUT2D eigenvalue weighted by Gasteiger charge is -2.49. The second-order valence-electron chi connectivity index (χ2n) is 22.9. The average molecular weight is 831 g/mol. The van der Waals surface area contributed by atoms with Gasteiger partial charge in [0.25, 0.3) is 6.71 Å². The molecule has 1 aliphatic carbocycles. The molecule has 0 fully saturated rings. The molecular formula is C58H63BN2S. The monoisotopic (exact) mass is 830 g/mol. The van der Waals surface area contributed by atoms with E-state index in [1.807, 2.05) is 11.3 Å². The van der Waals surface area contributed by atoms with Crippen molar-refractivity contribution in [1.82, 2.24) is 0 Å². The molecule has 0 amide bonds. The minimum absolute atomic E-state index is 0.00261. The molecule has 2 aliphatic heterocycles. The second kappa shape index (κ2) is 13.7. The lowest BCUT2D eigenvalue weighted by molar-refractivity contribution is 0.333. The first-order valence-corrected chi connectivity index (χ1v) is 23.8. The molecule has 1 aromatic heterocycles. The van der Waals surface area contributed by atoms with Gasteiger partial charge in [-0.05, 0) is 138 Å². The summed E-state index contributed by atoms with van der Waals surface area (Å²) >= 11 is 1.96. The first kappa shape index (κ1) is 41.0. The third-order valence-electron chi connectivity index (χ3n) is 14.6. The second-order valence-corrected chi connectivity index (χ2v) is 24.0. The number of hydrogen-bond donors (Lipinski definition) is 0. The number of fused-ring (bicyclic) bond motifs is 8. The van der Waals surface area contributed by atoms with E-state index in [4.69, 9.17) is 0 Å². The summed E-state index contributed by atoms with van der Waals surface area (Å²) in [5.41, 5.74) is 20.2. The van der Waals surface area contributed by atoms with Crippen LogP contribution in [0.5, 0.6) is 0 Å². The van der Waals surface area contributed by atoms with Crippen LogP contribution in [0, 0.1) is 0 Å². The molecule has 4 heteroatoms. The van der Waals surface area contributed by atoms with Crippen LogP contribution in [0.3, 0.4) is 0 Å². The van der Waals surface area contributed by atoms with Gasteiger partial charge >= 0.3 is 0 Å². The lowest BCUT2D eigenvalue weighted by atomic mass is 9.33. The molecular weight excluding hydrogens is 768 g/mol. The molecule has 0 N–H and O–H groups in total. The summed E-state index contributed by atoms with van der Waals surface area (Å²) < 4.78 is 1.33. The van der Waals surface area contributed by atoms with Crippen molar-refractivity contribution < 1.29 is 0 Å². The van der Waals surface area contributed by atoms with E-state index in [-0.39, 0.29) is 33.8 Å². The van der Waals surface area contributed by atoms with E-state index in [0.29, 0.717) is 0 Å². The van der Waals surface area contributed by atoms with Gasteiger partial charge in [-0.15, -0.1) is 11.3 Å². The number of anilines is 6. The summed E-state index contributed by atoms with van der Waals surface area (Å²) in [6, 6.07) is 47.3. The van der Waals surface area contributed by atoms with Gasteiger partial charge < -0.3 is 9.80 Å². The fourth-order valence-corrected chi connectivity index (χ4v) is 12.1. The first-order valence-electron chi connectivity index (χ1n) is 22.9. The summed E-state index contributed by atoms with van der Waals surface area (Å²) in [5.74, 6) is 0. The summed E-state index contributed by atoms with van der Waals surface area (Å²) in [4.78, 5) is 5.39. The van der Waals surface area contributed by atoms with Crippen LogP contribution in [0.4, 0.5) is 33.4 Å². The summed E-state index contributed by atoms with van der Waals surface area (Å²) in [5, 5.41) is 2.69. The van der Waals surface area contributed by atoms with Crippen molar-refractivity contribution in [3.05, 3.63) is 149 Å². The Labute approximate surface area is 376 Å². The van der Waals surface area contributed by atoms with Gasteiger partial charge in [0, 0.05) is 33.0 Å². The molecule has 0 atom stereocenters. The zero-order valence-corrected chi connectivity index (χ0v) is 40.2. The van der Waals surface area contributed by atoms with Crippen molar-refractivity contribution in [2.45, 2.75) is 130 Å². The van der Waals surface area contributed by atoms with Gasteiger partial charge in [-0.25, -0.2) is 0 Å². The summed E-state index contributed by atoms with van der Waals surface area (Å²) in [6.07, 6.45) is 2.33. The van der Waals surface area contributed by atoms with E-state index in [9.17, 15) is 0 Å². The van der Waals surface area contributed by atoms with Crippen LogP contribution >= 0.6 is 11.3 Å². The number of thiophene rings is 1. The van der Waals surface area contributed by atoms with Crippen LogP contribution in [-0.2, 0) is 27.1 Å². The van der Waals surface area contributed by atoms with E-state index in [1.54, 1.807) is 0 Å². The maximum absolute atomic E-state index is 2.72. The third-order valence-corrected chi connectivity index (χ3v) is 15.8. The minimum Gasteiger partial charge on any atom is -0.311 e. The van der Waals surface area contributed by atoms with Crippen molar-refractivity contribution in [2.24, 2.45) is 0 Å². The van der Waals surface area contributed by atoms with Crippen molar-refractivity contribution in [1.29, 1.82) is 0 Å². The molecule has 0 radical (unpaired) electrons. The predicted molar refractivity (Wildman–Crippen MR) is 273 cm³/mol. The normalized spacial score (nSPS) is 16.5. The van der Waals surface area contributed by atoms with Crippen LogP contribution in [0.1, 0.15) is 131 Å². The number of hydrogen-bond acceptors (Lipinski definition) is 3. The fraction of sp³-hybridized carbons (Fsp3) is 0.345.